The molecule has 1 aromatic rings. The first-order chi connectivity index (χ1) is 7.42. The molecule has 0 amide bonds. The van der Waals surface area contributed by atoms with Crippen LogP contribution >= 0.6 is 0 Å². The molecule has 15 heavy (non-hydrogen) atoms. The second-order valence-corrected chi connectivity index (χ2v) is 4.07. The minimum absolute atomic E-state index is 0.322. The molecule has 1 aliphatic heterocycles. The van der Waals surface area contributed by atoms with Gasteiger partial charge in [0.2, 0.25) is 0 Å². The molecule has 1 fully saturated rings. The maximum absolute atomic E-state index is 5.49. The van der Waals surface area contributed by atoms with Crippen LogP contribution in [-0.2, 0) is 4.74 Å². The molecule has 0 radical (unpaired) electrons. The highest BCUT2D eigenvalue weighted by Gasteiger charge is 2.28. The molecule has 1 aliphatic rings. The molecule has 0 saturated carbocycles. The molecule has 1 N–H and O–H groups in total. The lowest BCUT2D eigenvalue weighted by atomic mass is 9.97. The largest absolute Gasteiger partial charge is 0.468 e. The average Bonchev–Trinajstić information content (AvgIpc) is 2.90. The first kappa shape index (κ1) is 10.7. The Labute approximate surface area is 90.8 Å². The van der Waals surface area contributed by atoms with Gasteiger partial charge < -0.3 is 14.5 Å². The Kier molecular flexibility index (Phi) is 3.80. The van der Waals surface area contributed by atoms with Gasteiger partial charge in [0.1, 0.15) is 5.76 Å². The third-order valence-corrected chi connectivity index (χ3v) is 2.90. The molecule has 0 aromatic carbocycles. The van der Waals surface area contributed by atoms with Crippen LogP contribution in [0.15, 0.2) is 22.8 Å². The number of ether oxygens (including phenoxy) is 1. The van der Waals surface area contributed by atoms with E-state index in [1.807, 2.05) is 12.1 Å². The second-order valence-electron chi connectivity index (χ2n) is 4.07. The molecule has 3 heteroatoms. The lowest BCUT2D eigenvalue weighted by molar-refractivity contribution is 0.173. The van der Waals surface area contributed by atoms with E-state index in [0.29, 0.717) is 12.0 Å². The number of furan rings is 1. The summed E-state index contributed by atoms with van der Waals surface area (Å²) in [6.45, 7) is 4.94. The molecular weight excluding hydrogens is 190 g/mol. The van der Waals surface area contributed by atoms with Gasteiger partial charge in [-0.2, -0.15) is 0 Å². The van der Waals surface area contributed by atoms with Gasteiger partial charge in [0.25, 0.3) is 0 Å². The summed E-state index contributed by atoms with van der Waals surface area (Å²) >= 11 is 0. The fourth-order valence-electron chi connectivity index (χ4n) is 2.08. The topological polar surface area (TPSA) is 34.4 Å². The lowest BCUT2D eigenvalue weighted by Crippen LogP contribution is -2.29. The third-order valence-electron chi connectivity index (χ3n) is 2.90. The average molecular weight is 209 g/mol. The van der Waals surface area contributed by atoms with Crippen molar-refractivity contribution in [1.82, 2.24) is 5.32 Å². The van der Waals surface area contributed by atoms with Crippen LogP contribution in [0.4, 0.5) is 0 Å². The van der Waals surface area contributed by atoms with Crippen molar-refractivity contribution in [1.29, 1.82) is 0 Å². The molecular formula is C12H19NO2. The zero-order valence-corrected chi connectivity index (χ0v) is 9.24. The Hall–Kier alpha value is -0.800. The van der Waals surface area contributed by atoms with Gasteiger partial charge in [0.15, 0.2) is 0 Å². The van der Waals surface area contributed by atoms with E-state index >= 15 is 0 Å². The van der Waals surface area contributed by atoms with Gasteiger partial charge in [-0.15, -0.1) is 0 Å². The summed E-state index contributed by atoms with van der Waals surface area (Å²) in [5, 5.41) is 3.54. The van der Waals surface area contributed by atoms with E-state index < -0.39 is 0 Å². The van der Waals surface area contributed by atoms with Crippen LogP contribution in [0.3, 0.4) is 0 Å². The van der Waals surface area contributed by atoms with Crippen molar-refractivity contribution in [2.24, 2.45) is 5.92 Å². The highest BCUT2D eigenvalue weighted by molar-refractivity contribution is 5.06. The quantitative estimate of drug-likeness (QED) is 0.808. The number of hydrogen-bond donors (Lipinski definition) is 1. The van der Waals surface area contributed by atoms with Crippen molar-refractivity contribution in [3.8, 4) is 0 Å². The summed E-state index contributed by atoms with van der Waals surface area (Å²) in [7, 11) is 0. The Morgan fingerprint density at radius 3 is 3.13 bits per heavy atom. The minimum atomic E-state index is 0.322. The van der Waals surface area contributed by atoms with Crippen LogP contribution in [0.2, 0.25) is 0 Å². The van der Waals surface area contributed by atoms with Gasteiger partial charge in [0, 0.05) is 12.5 Å². The van der Waals surface area contributed by atoms with E-state index in [2.05, 4.69) is 12.2 Å². The van der Waals surface area contributed by atoms with Crippen molar-refractivity contribution in [3.63, 3.8) is 0 Å². The fraction of sp³-hybridized carbons (Fsp3) is 0.667. The highest BCUT2D eigenvalue weighted by atomic mass is 16.5. The van der Waals surface area contributed by atoms with Crippen molar-refractivity contribution >= 4 is 0 Å². The van der Waals surface area contributed by atoms with Crippen LogP contribution in [0.1, 0.15) is 31.6 Å². The van der Waals surface area contributed by atoms with Gasteiger partial charge in [-0.05, 0) is 31.5 Å². The molecule has 84 valence electrons. The third kappa shape index (κ3) is 2.61. The minimum Gasteiger partial charge on any atom is -0.468 e. The normalized spacial score (nSPS) is 23.1. The van der Waals surface area contributed by atoms with Crippen LogP contribution in [0.5, 0.6) is 0 Å². The van der Waals surface area contributed by atoms with E-state index in [4.69, 9.17) is 9.15 Å². The SMILES string of the molecule is CCCNC(c1ccco1)C1CCOC1. The zero-order valence-electron chi connectivity index (χ0n) is 9.24. The van der Waals surface area contributed by atoms with Crippen molar-refractivity contribution in [2.75, 3.05) is 19.8 Å². The molecule has 0 bridgehead atoms. The molecule has 2 rings (SSSR count). The number of hydrogen-bond acceptors (Lipinski definition) is 3. The van der Waals surface area contributed by atoms with E-state index in [1.54, 1.807) is 6.26 Å². The van der Waals surface area contributed by atoms with Gasteiger partial charge in [-0.25, -0.2) is 0 Å². The fourth-order valence-corrected chi connectivity index (χ4v) is 2.08. The molecule has 2 heterocycles. The Bertz CT molecular complexity index is 265. The van der Waals surface area contributed by atoms with Crippen molar-refractivity contribution in [3.05, 3.63) is 24.2 Å². The predicted octanol–water partition coefficient (Wildman–Crippen LogP) is 2.36. The molecule has 3 nitrogen and oxygen atoms in total. The van der Waals surface area contributed by atoms with Crippen LogP contribution in [0, 0.1) is 5.92 Å². The standard InChI is InChI=1S/C12H19NO2/c1-2-6-13-12(10-5-8-14-9-10)11-4-3-7-15-11/h3-4,7,10,12-13H,2,5-6,8-9H2,1H3. The van der Waals surface area contributed by atoms with Crippen molar-refractivity contribution < 1.29 is 9.15 Å². The maximum Gasteiger partial charge on any atom is 0.121 e. The Balaban J connectivity index is 2.01. The second kappa shape index (κ2) is 5.33. The first-order valence-corrected chi connectivity index (χ1v) is 5.76. The Morgan fingerprint density at radius 1 is 1.60 bits per heavy atom. The summed E-state index contributed by atoms with van der Waals surface area (Å²) in [5.41, 5.74) is 0. The van der Waals surface area contributed by atoms with Crippen LogP contribution in [0.25, 0.3) is 0 Å². The molecule has 0 aliphatic carbocycles. The number of rotatable bonds is 5. The zero-order chi connectivity index (χ0) is 10.5. The van der Waals surface area contributed by atoms with Gasteiger partial charge >= 0.3 is 0 Å². The van der Waals surface area contributed by atoms with E-state index in [0.717, 1.165) is 38.4 Å². The van der Waals surface area contributed by atoms with E-state index in [-0.39, 0.29) is 0 Å². The van der Waals surface area contributed by atoms with E-state index in [9.17, 15) is 0 Å². The number of nitrogens with one attached hydrogen (secondary N) is 1. The molecule has 2 unspecified atom stereocenters. The first-order valence-electron chi connectivity index (χ1n) is 5.76. The van der Waals surface area contributed by atoms with Gasteiger partial charge in [0.05, 0.1) is 18.9 Å². The summed E-state index contributed by atoms with van der Waals surface area (Å²) in [6, 6.07) is 4.32. The highest BCUT2D eigenvalue weighted by Crippen LogP contribution is 2.28. The summed E-state index contributed by atoms with van der Waals surface area (Å²) in [4.78, 5) is 0. The predicted molar refractivity (Wildman–Crippen MR) is 58.7 cm³/mol. The maximum atomic E-state index is 5.49. The molecule has 2 atom stereocenters. The summed E-state index contributed by atoms with van der Waals surface area (Å²) < 4.78 is 10.9. The van der Waals surface area contributed by atoms with Crippen LogP contribution < -0.4 is 5.32 Å². The Morgan fingerprint density at radius 2 is 2.53 bits per heavy atom. The lowest BCUT2D eigenvalue weighted by Gasteiger charge is -2.21. The van der Waals surface area contributed by atoms with Gasteiger partial charge in [-0.1, -0.05) is 6.92 Å². The van der Waals surface area contributed by atoms with Crippen molar-refractivity contribution in [2.45, 2.75) is 25.8 Å². The summed E-state index contributed by atoms with van der Waals surface area (Å²) in [6.07, 6.45) is 4.01. The van der Waals surface area contributed by atoms with Crippen LogP contribution in [-0.4, -0.2) is 19.8 Å². The molecule has 1 saturated heterocycles. The molecule has 0 spiro atoms. The smallest absolute Gasteiger partial charge is 0.121 e. The van der Waals surface area contributed by atoms with Gasteiger partial charge in [-0.3, -0.25) is 0 Å². The van der Waals surface area contributed by atoms with E-state index in [1.165, 1.54) is 0 Å². The summed E-state index contributed by atoms with van der Waals surface area (Å²) in [5.74, 6) is 1.60. The molecule has 1 aromatic heterocycles. The monoisotopic (exact) mass is 209 g/mol.